The van der Waals surface area contributed by atoms with Crippen molar-refractivity contribution in [3.8, 4) is 0 Å². The maximum atomic E-state index is 11.3. The molecule has 0 unspecified atom stereocenters. The first kappa shape index (κ1) is 11.2. The monoisotopic (exact) mass is 260 g/mol. The quantitative estimate of drug-likeness (QED) is 0.818. The number of hydrogen-bond donors (Lipinski definition) is 2. The molecule has 1 rings (SSSR count). The van der Waals surface area contributed by atoms with Crippen molar-refractivity contribution in [3.63, 3.8) is 0 Å². The normalized spacial score (nSPS) is 10.2. The van der Waals surface area contributed by atoms with Crippen LogP contribution in [-0.4, -0.2) is 29.6 Å². The molecule has 0 saturated carbocycles. The Labute approximate surface area is 90.5 Å². The second-order valence-corrected chi connectivity index (χ2v) is 3.53. The van der Waals surface area contributed by atoms with Gasteiger partial charge in [-0.2, -0.15) is 0 Å². The number of aromatic nitrogens is 2. The highest BCUT2D eigenvalue weighted by Crippen LogP contribution is 2.17. The van der Waals surface area contributed by atoms with Gasteiger partial charge in [0.05, 0.1) is 6.33 Å². The molecule has 0 aliphatic heterocycles. The minimum absolute atomic E-state index is 0.175. The summed E-state index contributed by atoms with van der Waals surface area (Å²) in [5, 5.41) is 0. The largest absolute Gasteiger partial charge is 0.354 e. The molecule has 1 aromatic rings. The van der Waals surface area contributed by atoms with Crippen molar-refractivity contribution < 1.29 is 0 Å². The summed E-state index contributed by atoms with van der Waals surface area (Å²) in [7, 11) is 0. The Morgan fingerprint density at radius 2 is 2.43 bits per heavy atom. The summed E-state index contributed by atoms with van der Waals surface area (Å²) in [4.78, 5) is 19.8. The number of aromatic amines is 1. The van der Waals surface area contributed by atoms with Gasteiger partial charge in [0.1, 0.15) is 10.3 Å². The first-order valence-corrected chi connectivity index (χ1v) is 5.18. The molecule has 0 spiro atoms. The average Bonchev–Trinajstić information content (AvgIpc) is 2.19. The van der Waals surface area contributed by atoms with Crippen LogP contribution < -0.4 is 16.2 Å². The molecule has 5 nitrogen and oxygen atoms in total. The molecule has 0 fully saturated rings. The Hall–Kier alpha value is -0.880. The van der Waals surface area contributed by atoms with Gasteiger partial charge in [-0.1, -0.05) is 0 Å². The van der Waals surface area contributed by atoms with Crippen LogP contribution in [0.3, 0.4) is 0 Å². The summed E-state index contributed by atoms with van der Waals surface area (Å²) >= 11 is 3.20. The molecular formula is C8H13BrN4O. The van der Waals surface area contributed by atoms with E-state index in [1.807, 2.05) is 11.8 Å². The fourth-order valence-electron chi connectivity index (χ4n) is 1.16. The van der Waals surface area contributed by atoms with Gasteiger partial charge >= 0.3 is 0 Å². The lowest BCUT2D eigenvalue weighted by Gasteiger charge is -2.21. The third kappa shape index (κ3) is 2.33. The van der Waals surface area contributed by atoms with Crippen LogP contribution in [0, 0.1) is 0 Å². The first-order valence-electron chi connectivity index (χ1n) is 4.39. The third-order valence-corrected chi connectivity index (χ3v) is 2.57. The predicted octanol–water partition coefficient (Wildman–Crippen LogP) is 0.317. The van der Waals surface area contributed by atoms with Crippen molar-refractivity contribution in [3.05, 3.63) is 21.2 Å². The molecule has 1 heterocycles. The first-order chi connectivity index (χ1) is 6.70. The minimum atomic E-state index is -0.175. The average molecular weight is 261 g/mol. The molecule has 0 atom stereocenters. The fourth-order valence-corrected chi connectivity index (χ4v) is 1.63. The van der Waals surface area contributed by atoms with Crippen molar-refractivity contribution >= 4 is 21.7 Å². The van der Waals surface area contributed by atoms with Crippen molar-refractivity contribution in [2.75, 3.05) is 24.5 Å². The Morgan fingerprint density at radius 3 is 3.00 bits per heavy atom. The zero-order valence-electron chi connectivity index (χ0n) is 7.96. The van der Waals surface area contributed by atoms with E-state index in [0.29, 0.717) is 23.4 Å². The highest BCUT2D eigenvalue weighted by atomic mass is 79.9. The predicted molar refractivity (Wildman–Crippen MR) is 59.5 cm³/mol. The summed E-state index contributed by atoms with van der Waals surface area (Å²) < 4.78 is 0.454. The van der Waals surface area contributed by atoms with E-state index in [-0.39, 0.29) is 5.56 Å². The van der Waals surface area contributed by atoms with Crippen LogP contribution in [0.4, 0.5) is 5.82 Å². The van der Waals surface area contributed by atoms with Crippen molar-refractivity contribution in [1.29, 1.82) is 0 Å². The van der Waals surface area contributed by atoms with Crippen molar-refractivity contribution in [2.45, 2.75) is 6.92 Å². The zero-order chi connectivity index (χ0) is 10.6. The van der Waals surface area contributed by atoms with Crippen LogP contribution in [0.15, 0.2) is 15.6 Å². The summed E-state index contributed by atoms with van der Waals surface area (Å²) in [6.07, 6.45) is 1.39. The number of anilines is 1. The topological polar surface area (TPSA) is 75.0 Å². The van der Waals surface area contributed by atoms with E-state index in [1.54, 1.807) is 0 Å². The second kappa shape index (κ2) is 5.11. The fraction of sp³-hybridized carbons (Fsp3) is 0.500. The van der Waals surface area contributed by atoms with Gasteiger partial charge in [-0.25, -0.2) is 4.98 Å². The molecule has 0 aliphatic carbocycles. The van der Waals surface area contributed by atoms with Gasteiger partial charge in [-0.05, 0) is 22.9 Å². The number of hydrogen-bond acceptors (Lipinski definition) is 4. The summed E-state index contributed by atoms with van der Waals surface area (Å²) in [6.45, 7) is 3.98. The number of halogens is 1. The smallest absolute Gasteiger partial charge is 0.267 e. The number of H-pyrrole nitrogens is 1. The van der Waals surface area contributed by atoms with Gasteiger partial charge in [0.15, 0.2) is 0 Å². The molecule has 1 aromatic heterocycles. The molecular weight excluding hydrogens is 248 g/mol. The zero-order valence-corrected chi connectivity index (χ0v) is 9.54. The van der Waals surface area contributed by atoms with E-state index >= 15 is 0 Å². The van der Waals surface area contributed by atoms with E-state index < -0.39 is 0 Å². The van der Waals surface area contributed by atoms with E-state index in [2.05, 4.69) is 25.9 Å². The molecule has 0 amide bonds. The lowest BCUT2D eigenvalue weighted by atomic mass is 10.4. The Kier molecular flexibility index (Phi) is 4.09. The summed E-state index contributed by atoms with van der Waals surface area (Å²) in [5.41, 5.74) is 5.28. The van der Waals surface area contributed by atoms with Gasteiger partial charge in [-0.3, -0.25) is 4.79 Å². The maximum absolute atomic E-state index is 11.3. The molecule has 0 aliphatic rings. The van der Waals surface area contributed by atoms with E-state index in [4.69, 9.17) is 5.73 Å². The molecule has 14 heavy (non-hydrogen) atoms. The Morgan fingerprint density at radius 1 is 1.71 bits per heavy atom. The van der Waals surface area contributed by atoms with Gasteiger partial charge in [0.25, 0.3) is 5.56 Å². The number of nitrogens with one attached hydrogen (secondary N) is 1. The summed E-state index contributed by atoms with van der Waals surface area (Å²) in [5.74, 6) is 0.640. The van der Waals surface area contributed by atoms with E-state index in [9.17, 15) is 4.79 Å². The Balaban J connectivity index is 3.03. The minimum Gasteiger partial charge on any atom is -0.354 e. The molecule has 0 radical (unpaired) electrons. The Bertz CT molecular complexity index is 351. The number of nitrogens with zero attached hydrogens (tertiary/aromatic N) is 2. The van der Waals surface area contributed by atoms with E-state index in [0.717, 1.165) is 6.54 Å². The van der Waals surface area contributed by atoms with Crippen molar-refractivity contribution in [2.24, 2.45) is 5.73 Å². The van der Waals surface area contributed by atoms with Gasteiger partial charge < -0.3 is 15.6 Å². The molecule has 3 N–H and O–H groups in total. The lowest BCUT2D eigenvalue weighted by Crippen LogP contribution is -2.31. The van der Waals surface area contributed by atoms with Gasteiger partial charge in [0.2, 0.25) is 0 Å². The number of nitrogens with two attached hydrogens (primary N) is 1. The second-order valence-electron chi connectivity index (χ2n) is 2.74. The number of rotatable bonds is 4. The van der Waals surface area contributed by atoms with Crippen molar-refractivity contribution in [1.82, 2.24) is 9.97 Å². The SMILES string of the molecule is CCN(CCN)c1nc[nH]c(=O)c1Br. The van der Waals surface area contributed by atoms with Crippen LogP contribution in [0.2, 0.25) is 0 Å². The van der Waals surface area contributed by atoms with E-state index in [1.165, 1.54) is 6.33 Å². The molecule has 0 saturated heterocycles. The molecule has 0 aromatic carbocycles. The van der Waals surface area contributed by atoms with Crippen LogP contribution in [0.1, 0.15) is 6.92 Å². The highest BCUT2D eigenvalue weighted by molar-refractivity contribution is 9.10. The third-order valence-electron chi connectivity index (χ3n) is 1.86. The molecule has 6 heteroatoms. The van der Waals surface area contributed by atoms with Gasteiger partial charge in [-0.15, -0.1) is 0 Å². The van der Waals surface area contributed by atoms with Crippen LogP contribution in [0.5, 0.6) is 0 Å². The summed E-state index contributed by atoms with van der Waals surface area (Å²) in [6, 6.07) is 0. The molecule has 78 valence electrons. The lowest BCUT2D eigenvalue weighted by molar-refractivity contribution is 0.794. The van der Waals surface area contributed by atoms with Crippen LogP contribution in [0.25, 0.3) is 0 Å². The standard InChI is InChI=1S/C8H13BrN4O/c1-2-13(4-3-10)7-6(9)8(14)12-5-11-7/h5H,2-4,10H2,1H3,(H,11,12,14). The molecule has 0 bridgehead atoms. The van der Waals surface area contributed by atoms with Crippen LogP contribution in [-0.2, 0) is 0 Å². The maximum Gasteiger partial charge on any atom is 0.267 e. The highest BCUT2D eigenvalue weighted by Gasteiger charge is 2.11. The van der Waals surface area contributed by atoms with Gasteiger partial charge in [0, 0.05) is 19.6 Å². The number of likely N-dealkylation sites (N-methyl/N-ethyl adjacent to an activating group) is 1. The van der Waals surface area contributed by atoms with Crippen LogP contribution >= 0.6 is 15.9 Å².